The summed E-state index contributed by atoms with van der Waals surface area (Å²) in [5, 5.41) is 3.86. The first kappa shape index (κ1) is 17.4. The number of allylic oxidation sites excluding steroid dienone is 1. The lowest BCUT2D eigenvalue weighted by Crippen LogP contribution is -2.44. The van der Waals surface area contributed by atoms with Crippen LogP contribution in [-0.4, -0.2) is 60.0 Å². The Kier molecular flexibility index (Phi) is 5.25. The number of hydrogen-bond acceptors (Lipinski definition) is 5. The van der Waals surface area contributed by atoms with Crippen molar-refractivity contribution in [3.05, 3.63) is 22.2 Å². The van der Waals surface area contributed by atoms with Crippen LogP contribution in [0.15, 0.2) is 11.6 Å². The number of amides is 1. The highest BCUT2D eigenvalue weighted by Gasteiger charge is 2.36. The lowest BCUT2D eigenvalue weighted by molar-refractivity contribution is 0.0744. The van der Waals surface area contributed by atoms with Gasteiger partial charge in [0.1, 0.15) is 4.88 Å². The minimum absolute atomic E-state index is 0.160. The van der Waals surface area contributed by atoms with E-state index in [4.69, 9.17) is 0 Å². The standard InChI is InChI=1S/C18H28N4OS/c1-12(2)7-8-21-9-14-5-6-15(21)11-22(10-14)17(23)16-13(3)20-18(19-4)24-16/h7,14-15H,5-6,8-11H2,1-4H3,(H,19,20)/t14-,15-/m0/s1. The molecule has 4 heterocycles. The number of aryl methyl sites for hydroxylation is 1. The number of aromatic nitrogens is 1. The van der Waals surface area contributed by atoms with Gasteiger partial charge in [-0.2, -0.15) is 0 Å². The van der Waals surface area contributed by atoms with Crippen molar-refractivity contribution in [2.24, 2.45) is 5.92 Å². The van der Waals surface area contributed by atoms with Crippen molar-refractivity contribution >= 4 is 22.4 Å². The number of anilines is 1. The van der Waals surface area contributed by atoms with E-state index in [0.29, 0.717) is 12.0 Å². The first-order valence-corrected chi connectivity index (χ1v) is 9.61. The maximum Gasteiger partial charge on any atom is 0.265 e. The molecule has 6 heteroatoms. The Morgan fingerprint density at radius 3 is 2.79 bits per heavy atom. The average Bonchev–Trinajstić information content (AvgIpc) is 2.73. The Hall–Kier alpha value is -1.40. The summed E-state index contributed by atoms with van der Waals surface area (Å²) in [4.78, 5) is 22.9. The van der Waals surface area contributed by atoms with E-state index in [2.05, 4.69) is 40.0 Å². The molecule has 3 aliphatic rings. The lowest BCUT2D eigenvalue weighted by Gasteiger charge is -2.35. The molecule has 0 radical (unpaired) electrons. The molecule has 4 rings (SSSR count). The van der Waals surface area contributed by atoms with E-state index in [1.807, 2.05) is 14.0 Å². The van der Waals surface area contributed by atoms with Crippen LogP contribution in [0.4, 0.5) is 5.13 Å². The molecule has 3 fully saturated rings. The van der Waals surface area contributed by atoms with E-state index in [9.17, 15) is 4.79 Å². The average molecular weight is 349 g/mol. The van der Waals surface area contributed by atoms with Crippen molar-refractivity contribution in [1.29, 1.82) is 0 Å². The zero-order valence-electron chi connectivity index (χ0n) is 15.1. The van der Waals surface area contributed by atoms with Gasteiger partial charge in [-0.25, -0.2) is 4.98 Å². The molecule has 0 aromatic carbocycles. The largest absolute Gasteiger partial charge is 0.365 e. The normalized spacial score (nSPS) is 23.9. The van der Waals surface area contributed by atoms with Gasteiger partial charge in [-0.05, 0) is 39.5 Å². The predicted molar refractivity (Wildman–Crippen MR) is 99.8 cm³/mol. The van der Waals surface area contributed by atoms with Gasteiger partial charge in [0.15, 0.2) is 5.13 Å². The second-order valence-corrected chi connectivity index (χ2v) is 8.23. The number of nitrogens with one attached hydrogen (secondary N) is 1. The van der Waals surface area contributed by atoms with Crippen molar-refractivity contribution in [2.45, 2.75) is 39.7 Å². The van der Waals surface area contributed by atoms with Gasteiger partial charge in [0, 0.05) is 39.3 Å². The molecule has 1 aromatic heterocycles. The summed E-state index contributed by atoms with van der Waals surface area (Å²) in [6.45, 7) is 10.1. The molecule has 132 valence electrons. The molecular weight excluding hydrogens is 320 g/mol. The van der Waals surface area contributed by atoms with Crippen molar-refractivity contribution in [3.63, 3.8) is 0 Å². The molecule has 2 atom stereocenters. The summed E-state index contributed by atoms with van der Waals surface area (Å²) in [6.07, 6.45) is 4.75. The number of thiazole rings is 1. The maximum atomic E-state index is 13.0. The van der Waals surface area contributed by atoms with E-state index in [1.165, 1.54) is 29.8 Å². The number of piperidine rings is 1. The summed E-state index contributed by atoms with van der Waals surface area (Å²) in [6, 6.07) is 0.486. The van der Waals surface area contributed by atoms with E-state index >= 15 is 0 Å². The van der Waals surface area contributed by atoms with Gasteiger partial charge in [-0.15, -0.1) is 0 Å². The number of fused-ring (bicyclic) bond motifs is 4. The molecular formula is C18H28N4OS. The molecule has 2 bridgehead atoms. The minimum Gasteiger partial charge on any atom is -0.365 e. The Balaban J connectivity index is 1.75. The third-order valence-electron chi connectivity index (χ3n) is 5.05. The van der Waals surface area contributed by atoms with Crippen LogP contribution in [-0.2, 0) is 0 Å². The number of hydrogen-bond donors (Lipinski definition) is 1. The quantitative estimate of drug-likeness (QED) is 0.850. The van der Waals surface area contributed by atoms with Crippen LogP contribution >= 0.6 is 11.3 Å². The van der Waals surface area contributed by atoms with Crippen LogP contribution in [0, 0.1) is 12.8 Å². The van der Waals surface area contributed by atoms with E-state index in [-0.39, 0.29) is 5.91 Å². The molecule has 5 nitrogen and oxygen atoms in total. The number of carbonyl (C=O) groups is 1. The van der Waals surface area contributed by atoms with Crippen LogP contribution in [0.25, 0.3) is 0 Å². The summed E-state index contributed by atoms with van der Waals surface area (Å²) >= 11 is 1.47. The summed E-state index contributed by atoms with van der Waals surface area (Å²) < 4.78 is 0. The highest BCUT2D eigenvalue weighted by molar-refractivity contribution is 7.17. The molecule has 0 saturated carbocycles. The van der Waals surface area contributed by atoms with E-state index in [1.54, 1.807) is 0 Å². The fourth-order valence-electron chi connectivity index (χ4n) is 3.71. The van der Waals surface area contributed by atoms with Gasteiger partial charge in [-0.1, -0.05) is 23.0 Å². The van der Waals surface area contributed by atoms with Crippen LogP contribution in [0.1, 0.15) is 42.1 Å². The second kappa shape index (κ2) is 7.23. The fourth-order valence-corrected chi connectivity index (χ4v) is 4.60. The smallest absolute Gasteiger partial charge is 0.265 e. The van der Waals surface area contributed by atoms with E-state index < -0.39 is 0 Å². The lowest BCUT2D eigenvalue weighted by atomic mass is 9.95. The van der Waals surface area contributed by atoms with E-state index in [0.717, 1.165) is 41.9 Å². The highest BCUT2D eigenvalue weighted by Crippen LogP contribution is 2.30. The highest BCUT2D eigenvalue weighted by atomic mass is 32.1. The molecule has 1 amide bonds. The predicted octanol–water partition coefficient (Wildman–Crippen LogP) is 3.00. The second-order valence-electron chi connectivity index (χ2n) is 7.23. The Labute approximate surface area is 148 Å². The summed E-state index contributed by atoms with van der Waals surface area (Å²) in [7, 11) is 1.85. The van der Waals surface area contributed by atoms with Gasteiger partial charge in [0.2, 0.25) is 0 Å². The molecule has 1 aromatic rings. The van der Waals surface area contributed by atoms with Crippen LogP contribution in [0.5, 0.6) is 0 Å². The zero-order chi connectivity index (χ0) is 17.3. The molecule has 3 saturated heterocycles. The van der Waals surface area contributed by atoms with Crippen molar-refractivity contribution in [1.82, 2.24) is 14.8 Å². The molecule has 1 N–H and O–H groups in total. The first-order chi connectivity index (χ1) is 11.5. The number of rotatable bonds is 4. The van der Waals surface area contributed by atoms with Gasteiger partial charge < -0.3 is 10.2 Å². The number of carbonyl (C=O) groups excluding carboxylic acids is 1. The molecule has 0 spiro atoms. The third kappa shape index (κ3) is 3.64. The van der Waals surface area contributed by atoms with Gasteiger partial charge in [-0.3, -0.25) is 9.69 Å². The van der Waals surface area contributed by atoms with Crippen LogP contribution in [0.2, 0.25) is 0 Å². The Bertz CT molecular complexity index is 635. The monoisotopic (exact) mass is 348 g/mol. The number of nitrogens with zero attached hydrogens (tertiary/aromatic N) is 3. The summed E-state index contributed by atoms with van der Waals surface area (Å²) in [5.74, 6) is 0.753. The van der Waals surface area contributed by atoms with Crippen LogP contribution < -0.4 is 5.32 Å². The molecule has 24 heavy (non-hydrogen) atoms. The molecule has 0 aliphatic carbocycles. The minimum atomic E-state index is 0.160. The topological polar surface area (TPSA) is 48.5 Å². The van der Waals surface area contributed by atoms with Gasteiger partial charge >= 0.3 is 0 Å². The molecule has 0 unspecified atom stereocenters. The Morgan fingerprint density at radius 1 is 1.33 bits per heavy atom. The van der Waals surface area contributed by atoms with Crippen molar-refractivity contribution in [3.8, 4) is 0 Å². The zero-order valence-corrected chi connectivity index (χ0v) is 15.9. The maximum absolute atomic E-state index is 13.0. The first-order valence-electron chi connectivity index (χ1n) is 8.79. The van der Waals surface area contributed by atoms with Gasteiger partial charge in [0.05, 0.1) is 5.69 Å². The Morgan fingerprint density at radius 2 is 2.12 bits per heavy atom. The molecule has 3 aliphatic heterocycles. The fraction of sp³-hybridized carbons (Fsp3) is 0.667. The summed E-state index contributed by atoms with van der Waals surface area (Å²) in [5.41, 5.74) is 2.20. The van der Waals surface area contributed by atoms with Gasteiger partial charge in [0.25, 0.3) is 5.91 Å². The van der Waals surface area contributed by atoms with Crippen LogP contribution in [0.3, 0.4) is 0 Å². The van der Waals surface area contributed by atoms with Crippen molar-refractivity contribution in [2.75, 3.05) is 38.5 Å². The third-order valence-corrected chi connectivity index (χ3v) is 6.22. The SMILES string of the molecule is CNc1nc(C)c(C(=O)N2C[C@H]3CC[C@@H](C2)N(CC=C(C)C)C3)s1. The van der Waals surface area contributed by atoms with Crippen molar-refractivity contribution < 1.29 is 4.79 Å².